The minimum Gasteiger partial charge on any atom is -0.456 e. The van der Waals surface area contributed by atoms with Crippen molar-refractivity contribution in [2.45, 2.75) is 26.4 Å². The summed E-state index contributed by atoms with van der Waals surface area (Å²) in [5, 5.41) is 10.1. The molecule has 0 radical (unpaired) electrons. The molecule has 0 aliphatic rings. The van der Waals surface area contributed by atoms with Crippen molar-refractivity contribution >= 4 is 17.6 Å². The first-order valence-corrected chi connectivity index (χ1v) is 5.73. The normalized spacial score (nSPS) is 10.7. The van der Waals surface area contributed by atoms with E-state index in [-0.39, 0.29) is 5.69 Å². The van der Waals surface area contributed by atoms with E-state index in [2.05, 4.69) is 6.58 Å². The highest BCUT2D eigenvalue weighted by molar-refractivity contribution is 6.20. The monoisotopic (exact) mass is 263 g/mol. The van der Waals surface area contributed by atoms with Crippen LogP contribution in [0.15, 0.2) is 42.5 Å². The van der Waals surface area contributed by atoms with Crippen LogP contribution in [0, 0.1) is 0 Å². The quantitative estimate of drug-likeness (QED) is 0.227. The van der Waals surface area contributed by atoms with Crippen LogP contribution in [0.4, 0.5) is 5.69 Å². The van der Waals surface area contributed by atoms with E-state index in [4.69, 9.17) is 4.74 Å². The molecular weight excluding hydrogens is 246 g/mol. The first kappa shape index (κ1) is 14.9. The van der Waals surface area contributed by atoms with Crippen molar-refractivity contribution in [1.82, 2.24) is 0 Å². The lowest BCUT2D eigenvalue weighted by molar-refractivity contribution is -0.151. The van der Waals surface area contributed by atoms with E-state index in [1.54, 1.807) is 39.0 Å². The van der Waals surface area contributed by atoms with E-state index in [1.807, 2.05) is 0 Å². The van der Waals surface area contributed by atoms with Gasteiger partial charge in [0.1, 0.15) is 11.2 Å². The third kappa shape index (κ3) is 4.22. The van der Waals surface area contributed by atoms with Gasteiger partial charge in [0.05, 0.1) is 5.69 Å². The summed E-state index contributed by atoms with van der Waals surface area (Å²) in [5.41, 5.74) is -0.911. The van der Waals surface area contributed by atoms with Crippen molar-refractivity contribution in [3.05, 3.63) is 42.5 Å². The van der Waals surface area contributed by atoms with Gasteiger partial charge in [-0.15, -0.1) is 0 Å². The molecule has 0 saturated heterocycles. The lowest BCUT2D eigenvalue weighted by Gasteiger charge is -2.21. The van der Waals surface area contributed by atoms with Gasteiger partial charge >= 0.3 is 5.97 Å². The van der Waals surface area contributed by atoms with Crippen molar-refractivity contribution in [1.29, 1.82) is 0 Å². The number of carbonyl (C=O) groups is 2. The number of nitrogens with zero attached hydrogens (tertiary/aromatic N) is 1. The SMILES string of the molecule is C=C(C(=O)OC(C)(C)C)C(=O)N(O)c1ccccc1. The van der Waals surface area contributed by atoms with Crippen LogP contribution in [0.25, 0.3) is 0 Å². The number of rotatable bonds is 3. The number of hydroxylamine groups is 1. The highest BCUT2D eigenvalue weighted by Crippen LogP contribution is 2.16. The van der Waals surface area contributed by atoms with E-state index in [1.165, 1.54) is 12.1 Å². The number of amides is 1. The number of ether oxygens (including phenoxy) is 1. The van der Waals surface area contributed by atoms with Gasteiger partial charge in [-0.05, 0) is 32.9 Å². The molecule has 0 spiro atoms. The van der Waals surface area contributed by atoms with Crippen LogP contribution in [0.5, 0.6) is 0 Å². The molecule has 0 aliphatic carbocycles. The maximum atomic E-state index is 11.8. The van der Waals surface area contributed by atoms with Crippen LogP contribution in [-0.2, 0) is 14.3 Å². The molecule has 0 saturated carbocycles. The number of carbonyl (C=O) groups excluding carboxylic acids is 2. The van der Waals surface area contributed by atoms with Gasteiger partial charge in [0.2, 0.25) is 0 Å². The zero-order chi connectivity index (χ0) is 14.6. The maximum absolute atomic E-state index is 11.8. The van der Waals surface area contributed by atoms with Gasteiger partial charge in [0.25, 0.3) is 5.91 Å². The second-order valence-electron chi connectivity index (χ2n) is 4.93. The Morgan fingerprint density at radius 1 is 1.21 bits per heavy atom. The highest BCUT2D eigenvalue weighted by Gasteiger charge is 2.26. The third-order valence-electron chi connectivity index (χ3n) is 2.10. The van der Waals surface area contributed by atoms with Gasteiger partial charge in [-0.3, -0.25) is 10.0 Å². The summed E-state index contributed by atoms with van der Waals surface area (Å²) >= 11 is 0. The average molecular weight is 263 g/mol. The Labute approximate surface area is 112 Å². The molecule has 5 nitrogen and oxygen atoms in total. The number of hydrogen-bond acceptors (Lipinski definition) is 4. The summed E-state index contributed by atoms with van der Waals surface area (Å²) < 4.78 is 5.01. The molecule has 1 amide bonds. The molecule has 5 heteroatoms. The molecule has 0 heterocycles. The molecule has 102 valence electrons. The minimum absolute atomic E-state index is 0.247. The number of esters is 1. The second kappa shape index (κ2) is 5.67. The van der Waals surface area contributed by atoms with Crippen LogP contribution in [0.2, 0.25) is 0 Å². The van der Waals surface area contributed by atoms with Gasteiger partial charge in [0.15, 0.2) is 0 Å². The molecule has 1 rings (SSSR count). The van der Waals surface area contributed by atoms with Crippen molar-refractivity contribution in [2.24, 2.45) is 0 Å². The number of para-hydroxylation sites is 1. The Morgan fingerprint density at radius 2 is 1.74 bits per heavy atom. The molecule has 1 aromatic carbocycles. The summed E-state index contributed by atoms with van der Waals surface area (Å²) in [6, 6.07) is 8.11. The minimum atomic E-state index is -0.916. The first-order valence-electron chi connectivity index (χ1n) is 5.73. The van der Waals surface area contributed by atoms with E-state index < -0.39 is 23.1 Å². The Morgan fingerprint density at radius 3 is 2.21 bits per heavy atom. The summed E-state index contributed by atoms with van der Waals surface area (Å²) in [7, 11) is 0. The molecular formula is C14H17NO4. The fraction of sp³-hybridized carbons (Fsp3) is 0.286. The van der Waals surface area contributed by atoms with E-state index in [0.717, 1.165) is 0 Å². The predicted octanol–water partition coefficient (Wildman–Crippen LogP) is 2.31. The Kier molecular flexibility index (Phi) is 4.45. The zero-order valence-corrected chi connectivity index (χ0v) is 11.2. The molecule has 0 bridgehead atoms. The van der Waals surface area contributed by atoms with Crippen LogP contribution < -0.4 is 5.06 Å². The Balaban J connectivity index is 2.78. The molecule has 0 fully saturated rings. The van der Waals surface area contributed by atoms with E-state index >= 15 is 0 Å². The van der Waals surface area contributed by atoms with Gasteiger partial charge in [-0.1, -0.05) is 24.8 Å². The van der Waals surface area contributed by atoms with Crippen molar-refractivity contribution < 1.29 is 19.5 Å². The fourth-order valence-corrected chi connectivity index (χ4v) is 1.24. The van der Waals surface area contributed by atoms with Gasteiger partial charge in [0, 0.05) is 0 Å². The highest BCUT2D eigenvalue weighted by atomic mass is 16.6. The van der Waals surface area contributed by atoms with Crippen molar-refractivity contribution in [3.63, 3.8) is 0 Å². The smallest absolute Gasteiger partial charge is 0.343 e. The van der Waals surface area contributed by atoms with Crippen molar-refractivity contribution in [3.8, 4) is 0 Å². The number of anilines is 1. The summed E-state index contributed by atoms with van der Waals surface area (Å²) in [6.07, 6.45) is 0. The molecule has 0 aromatic heterocycles. The van der Waals surface area contributed by atoms with Gasteiger partial charge in [-0.2, -0.15) is 5.06 Å². The molecule has 1 N–H and O–H groups in total. The molecule has 0 atom stereocenters. The van der Waals surface area contributed by atoms with E-state index in [9.17, 15) is 14.8 Å². The summed E-state index contributed by atoms with van der Waals surface area (Å²) in [6.45, 7) is 8.39. The van der Waals surface area contributed by atoms with Crippen LogP contribution in [0.1, 0.15) is 20.8 Å². The first-order chi connectivity index (χ1) is 8.72. The number of hydrogen-bond donors (Lipinski definition) is 1. The Bertz CT molecular complexity index is 488. The second-order valence-corrected chi connectivity index (χ2v) is 4.93. The van der Waals surface area contributed by atoms with Gasteiger partial charge < -0.3 is 4.74 Å². The lowest BCUT2D eigenvalue weighted by Crippen LogP contribution is -2.34. The zero-order valence-electron chi connectivity index (χ0n) is 11.2. The number of benzene rings is 1. The Hall–Kier alpha value is -2.14. The summed E-state index contributed by atoms with van der Waals surface area (Å²) in [5.74, 6) is -1.77. The largest absolute Gasteiger partial charge is 0.456 e. The maximum Gasteiger partial charge on any atom is 0.343 e. The average Bonchev–Trinajstić information content (AvgIpc) is 2.35. The van der Waals surface area contributed by atoms with E-state index in [0.29, 0.717) is 5.06 Å². The summed E-state index contributed by atoms with van der Waals surface area (Å²) in [4.78, 5) is 23.5. The predicted molar refractivity (Wildman–Crippen MR) is 70.7 cm³/mol. The third-order valence-corrected chi connectivity index (χ3v) is 2.10. The van der Waals surface area contributed by atoms with Crippen LogP contribution >= 0.6 is 0 Å². The van der Waals surface area contributed by atoms with Crippen LogP contribution in [0.3, 0.4) is 0 Å². The van der Waals surface area contributed by atoms with Gasteiger partial charge in [-0.25, -0.2) is 4.79 Å². The molecule has 0 unspecified atom stereocenters. The van der Waals surface area contributed by atoms with Crippen molar-refractivity contribution in [2.75, 3.05) is 5.06 Å². The lowest BCUT2D eigenvalue weighted by atomic mass is 10.2. The fourth-order valence-electron chi connectivity index (χ4n) is 1.24. The molecule has 19 heavy (non-hydrogen) atoms. The van der Waals surface area contributed by atoms with Crippen LogP contribution in [-0.4, -0.2) is 22.7 Å². The standard InChI is InChI=1S/C14H17NO4/c1-10(13(17)19-14(2,3)4)12(16)15(18)11-8-6-5-7-9-11/h5-9,18H,1H2,2-4H3. The molecule has 1 aromatic rings. The molecule has 0 aliphatic heterocycles. The topological polar surface area (TPSA) is 66.8 Å².